The van der Waals surface area contributed by atoms with Gasteiger partial charge < -0.3 is 15.1 Å². The van der Waals surface area contributed by atoms with Gasteiger partial charge in [-0.1, -0.05) is 11.6 Å². The zero-order valence-electron chi connectivity index (χ0n) is 18.3. The molecule has 0 atom stereocenters. The minimum Gasteiger partial charge on any atom is -0.354 e. The van der Waals surface area contributed by atoms with Crippen molar-refractivity contribution in [1.82, 2.24) is 25.3 Å². The lowest BCUT2D eigenvalue weighted by molar-refractivity contribution is -0.137. The van der Waals surface area contributed by atoms with Gasteiger partial charge in [0.15, 0.2) is 11.6 Å². The quantitative estimate of drug-likeness (QED) is 0.594. The van der Waals surface area contributed by atoms with Crippen molar-refractivity contribution in [2.75, 3.05) is 42.5 Å². The van der Waals surface area contributed by atoms with E-state index in [2.05, 4.69) is 20.2 Å². The van der Waals surface area contributed by atoms with Gasteiger partial charge in [-0.3, -0.25) is 4.98 Å². The Bertz CT molecular complexity index is 1180. The van der Waals surface area contributed by atoms with E-state index in [0.29, 0.717) is 29.4 Å². The van der Waals surface area contributed by atoms with E-state index in [-0.39, 0.29) is 11.6 Å². The Morgan fingerprint density at radius 3 is 2.65 bits per heavy atom. The molecule has 0 amide bonds. The molecule has 0 aliphatic carbocycles. The van der Waals surface area contributed by atoms with Gasteiger partial charge in [-0.05, 0) is 42.7 Å². The van der Waals surface area contributed by atoms with E-state index in [0.717, 1.165) is 62.7 Å². The third-order valence-corrected chi connectivity index (χ3v) is 6.38. The summed E-state index contributed by atoms with van der Waals surface area (Å²) in [6.45, 7) is 4.35. The van der Waals surface area contributed by atoms with Crippen LogP contribution in [0, 0.1) is 0 Å². The maximum absolute atomic E-state index is 13.2. The van der Waals surface area contributed by atoms with Crippen LogP contribution in [0.4, 0.5) is 24.8 Å². The van der Waals surface area contributed by atoms with Gasteiger partial charge in [-0.15, -0.1) is 0 Å². The van der Waals surface area contributed by atoms with Crippen molar-refractivity contribution in [3.8, 4) is 11.5 Å². The molecule has 2 aliphatic rings. The number of rotatable bonds is 4. The second-order valence-electron chi connectivity index (χ2n) is 8.33. The summed E-state index contributed by atoms with van der Waals surface area (Å²) in [5.74, 6) is 1.93. The van der Waals surface area contributed by atoms with Gasteiger partial charge in [-0.25, -0.2) is 15.0 Å². The van der Waals surface area contributed by atoms with Crippen molar-refractivity contribution in [3.63, 3.8) is 0 Å². The summed E-state index contributed by atoms with van der Waals surface area (Å²) in [6, 6.07) is 5.27. The molecule has 1 N–H and O–H groups in total. The number of benzene rings is 1. The number of nitrogens with zero attached hydrogens (tertiary/aromatic N) is 6. The maximum atomic E-state index is 13.2. The minimum absolute atomic E-state index is 0.204. The van der Waals surface area contributed by atoms with Gasteiger partial charge in [0, 0.05) is 50.5 Å². The summed E-state index contributed by atoms with van der Waals surface area (Å²) in [5, 5.41) is 3.61. The van der Waals surface area contributed by atoms with Crippen LogP contribution in [-0.4, -0.2) is 52.7 Å². The molecule has 11 heteroatoms. The highest BCUT2D eigenvalue weighted by Crippen LogP contribution is 2.34. The molecule has 0 saturated carbocycles. The number of piperazine rings is 1. The smallest absolute Gasteiger partial charge is 0.354 e. The highest BCUT2D eigenvalue weighted by atomic mass is 35.5. The molecule has 34 heavy (non-hydrogen) atoms. The van der Waals surface area contributed by atoms with E-state index >= 15 is 0 Å². The summed E-state index contributed by atoms with van der Waals surface area (Å²) in [5.41, 5.74) is 1.00. The zero-order chi connectivity index (χ0) is 23.7. The summed E-state index contributed by atoms with van der Waals surface area (Å²) in [4.78, 5) is 22.6. The predicted molar refractivity (Wildman–Crippen MR) is 124 cm³/mol. The lowest BCUT2D eigenvalue weighted by Crippen LogP contribution is -2.43. The zero-order valence-corrected chi connectivity index (χ0v) is 19.1. The molecular weight excluding hydrogens is 467 g/mol. The lowest BCUT2D eigenvalue weighted by atomic mass is 10.1. The van der Waals surface area contributed by atoms with Crippen LogP contribution >= 0.6 is 11.6 Å². The highest BCUT2D eigenvalue weighted by Gasteiger charge is 2.31. The molecule has 2 aromatic heterocycles. The van der Waals surface area contributed by atoms with E-state index < -0.39 is 11.7 Å². The van der Waals surface area contributed by atoms with Crippen LogP contribution in [0.25, 0.3) is 11.5 Å². The molecule has 0 unspecified atom stereocenters. The fourth-order valence-corrected chi connectivity index (χ4v) is 4.44. The Hall–Kier alpha value is -2.98. The Morgan fingerprint density at radius 2 is 1.85 bits per heavy atom. The Balaban J connectivity index is 1.45. The van der Waals surface area contributed by atoms with Crippen LogP contribution < -0.4 is 15.1 Å². The normalized spacial score (nSPS) is 16.5. The fourth-order valence-electron chi connectivity index (χ4n) is 4.26. The second kappa shape index (κ2) is 9.34. The van der Waals surface area contributed by atoms with E-state index in [1.165, 1.54) is 6.07 Å². The summed E-state index contributed by atoms with van der Waals surface area (Å²) in [7, 11) is 0. The molecule has 1 fully saturated rings. The molecule has 7 nitrogen and oxygen atoms in total. The first-order valence-corrected chi connectivity index (χ1v) is 11.5. The van der Waals surface area contributed by atoms with Crippen molar-refractivity contribution < 1.29 is 13.2 Å². The number of anilines is 2. The first kappa shape index (κ1) is 22.8. The minimum atomic E-state index is -4.43. The number of aromatic nitrogens is 4. The van der Waals surface area contributed by atoms with Crippen molar-refractivity contribution in [2.45, 2.75) is 25.6 Å². The topological polar surface area (TPSA) is 70.1 Å². The highest BCUT2D eigenvalue weighted by molar-refractivity contribution is 6.31. The molecule has 1 saturated heterocycles. The molecule has 0 spiro atoms. The van der Waals surface area contributed by atoms with E-state index in [9.17, 15) is 13.2 Å². The maximum Gasteiger partial charge on any atom is 0.416 e. The Kier molecular flexibility index (Phi) is 6.26. The predicted octanol–water partition coefficient (Wildman–Crippen LogP) is 3.97. The number of hydrogen-bond acceptors (Lipinski definition) is 7. The average Bonchev–Trinajstić information content (AvgIpc) is 2.85. The second-order valence-corrected chi connectivity index (χ2v) is 8.74. The Labute approximate surface area is 200 Å². The lowest BCUT2D eigenvalue weighted by Gasteiger charge is -2.30. The largest absolute Gasteiger partial charge is 0.416 e. The molecule has 178 valence electrons. The van der Waals surface area contributed by atoms with Crippen LogP contribution in [0.2, 0.25) is 5.02 Å². The Morgan fingerprint density at radius 1 is 1.03 bits per heavy atom. The first-order valence-electron chi connectivity index (χ1n) is 11.1. The molecule has 3 aromatic rings. The molecule has 2 aliphatic heterocycles. The van der Waals surface area contributed by atoms with Crippen LogP contribution in [0.15, 0.2) is 36.7 Å². The SMILES string of the molecule is FC(F)(F)c1ccc(Cl)c(CN2CCCc3ncc(-c4nccc(N5CCNCC5)n4)nc32)c1. The van der Waals surface area contributed by atoms with Crippen LogP contribution in [0.1, 0.15) is 23.2 Å². The van der Waals surface area contributed by atoms with Gasteiger partial charge in [0.2, 0.25) is 0 Å². The molecule has 1 aromatic carbocycles. The van der Waals surface area contributed by atoms with Crippen LogP contribution in [0.3, 0.4) is 0 Å². The number of aryl methyl sites for hydroxylation is 1. The van der Waals surface area contributed by atoms with Gasteiger partial charge in [0.05, 0.1) is 17.5 Å². The van der Waals surface area contributed by atoms with Crippen molar-refractivity contribution in [1.29, 1.82) is 0 Å². The average molecular weight is 490 g/mol. The monoisotopic (exact) mass is 489 g/mol. The van der Waals surface area contributed by atoms with E-state index in [1.54, 1.807) is 12.4 Å². The summed E-state index contributed by atoms with van der Waals surface area (Å²) in [6.07, 6.45) is 0.514. The number of halogens is 4. The third-order valence-electron chi connectivity index (χ3n) is 6.01. The molecule has 5 rings (SSSR count). The van der Waals surface area contributed by atoms with Crippen molar-refractivity contribution in [3.05, 3.63) is 58.5 Å². The summed E-state index contributed by atoms with van der Waals surface area (Å²) < 4.78 is 39.7. The standard InChI is InChI=1S/C23H23ClF3N7/c24-17-4-3-16(23(25,26)27)12-15(17)14-34-9-1-2-18-22(34)31-19(13-30-18)21-29-6-5-20(32-21)33-10-7-28-8-11-33/h3-6,12-13,28H,1-2,7-11,14H2. The van der Waals surface area contributed by atoms with Gasteiger partial charge in [0.25, 0.3) is 0 Å². The van der Waals surface area contributed by atoms with Crippen LogP contribution in [0.5, 0.6) is 0 Å². The van der Waals surface area contributed by atoms with Gasteiger partial charge in [0.1, 0.15) is 11.5 Å². The number of hydrogen-bond donors (Lipinski definition) is 1. The third kappa shape index (κ3) is 4.78. The van der Waals surface area contributed by atoms with Gasteiger partial charge >= 0.3 is 6.18 Å². The molecular formula is C23H23ClF3N7. The van der Waals surface area contributed by atoms with Crippen molar-refractivity contribution >= 4 is 23.2 Å². The molecule has 0 radical (unpaired) electrons. The van der Waals surface area contributed by atoms with Crippen LogP contribution in [-0.2, 0) is 19.1 Å². The van der Waals surface area contributed by atoms with Crippen molar-refractivity contribution in [2.24, 2.45) is 0 Å². The first-order chi connectivity index (χ1) is 16.4. The summed E-state index contributed by atoms with van der Waals surface area (Å²) >= 11 is 6.25. The fraction of sp³-hybridized carbons (Fsp3) is 0.391. The van der Waals surface area contributed by atoms with E-state index in [4.69, 9.17) is 21.6 Å². The van der Waals surface area contributed by atoms with Gasteiger partial charge in [-0.2, -0.15) is 13.2 Å². The molecule has 0 bridgehead atoms. The van der Waals surface area contributed by atoms with E-state index in [1.807, 2.05) is 11.0 Å². The number of fused-ring (bicyclic) bond motifs is 1. The number of alkyl halides is 3. The number of nitrogens with one attached hydrogen (secondary N) is 1. The molecule has 4 heterocycles.